The summed E-state index contributed by atoms with van der Waals surface area (Å²) in [7, 11) is 0. The van der Waals surface area contributed by atoms with E-state index in [4.69, 9.17) is 39.5 Å². The van der Waals surface area contributed by atoms with Crippen LogP contribution in [0, 0.1) is 17.8 Å². The molecule has 2 aliphatic rings. The van der Waals surface area contributed by atoms with Crippen molar-refractivity contribution >= 4 is 64.3 Å². The second kappa shape index (κ2) is 12.3. The van der Waals surface area contributed by atoms with Gasteiger partial charge in [0.05, 0.1) is 33.0 Å². The summed E-state index contributed by atoms with van der Waals surface area (Å²) >= 11 is 18.2. The van der Waals surface area contributed by atoms with E-state index < -0.39 is 47.9 Å². The third-order valence-corrected chi connectivity index (χ3v) is 8.45. The van der Waals surface area contributed by atoms with Crippen molar-refractivity contribution in [3.63, 3.8) is 0 Å². The van der Waals surface area contributed by atoms with E-state index >= 15 is 0 Å². The van der Waals surface area contributed by atoms with Gasteiger partial charge in [0.1, 0.15) is 12.3 Å². The van der Waals surface area contributed by atoms with Crippen LogP contribution in [0.15, 0.2) is 66.7 Å². The number of ketones is 1. The standard InChI is InChI=1S/C31H25Cl3N2O6/c1-17-6-12-21-24(14-17)30(40)36(29(21)39)35(28(38)22-4-2-3-5-25(22)33)16-27(37)18-7-10-20(11-8-18)42-31(41)23-13-9-19(32)15-26(23)34/h2-5,7-11,13,15,17,21,24H,6,12,14,16H2,1H3/t17-,21-,24-/m1/s1. The largest absolute Gasteiger partial charge is 0.423 e. The van der Waals surface area contributed by atoms with Crippen molar-refractivity contribution in [2.24, 2.45) is 17.8 Å². The van der Waals surface area contributed by atoms with Crippen LogP contribution in [0.1, 0.15) is 57.3 Å². The van der Waals surface area contributed by atoms with Crippen LogP contribution >= 0.6 is 34.8 Å². The lowest BCUT2D eigenvalue weighted by Crippen LogP contribution is -2.52. The van der Waals surface area contributed by atoms with Crippen molar-refractivity contribution in [2.45, 2.75) is 26.2 Å². The number of rotatable bonds is 7. The lowest BCUT2D eigenvalue weighted by atomic mass is 9.76. The van der Waals surface area contributed by atoms with Crippen LogP contribution in [0.3, 0.4) is 0 Å². The van der Waals surface area contributed by atoms with Gasteiger partial charge in [-0.15, -0.1) is 0 Å². The maximum Gasteiger partial charge on any atom is 0.345 e. The summed E-state index contributed by atoms with van der Waals surface area (Å²) in [6, 6.07) is 16.3. The fourth-order valence-electron chi connectivity index (χ4n) is 5.37. The number of halogens is 3. The van der Waals surface area contributed by atoms with E-state index in [9.17, 15) is 24.0 Å². The van der Waals surface area contributed by atoms with Crippen LogP contribution in [0.2, 0.25) is 15.1 Å². The highest BCUT2D eigenvalue weighted by molar-refractivity contribution is 6.36. The molecule has 0 spiro atoms. The highest BCUT2D eigenvalue weighted by Gasteiger charge is 2.53. The lowest BCUT2D eigenvalue weighted by Gasteiger charge is -2.30. The molecule has 1 saturated carbocycles. The normalized spacial score (nSPS) is 19.8. The van der Waals surface area contributed by atoms with Crippen LogP contribution < -0.4 is 4.74 Å². The van der Waals surface area contributed by atoms with Gasteiger partial charge in [-0.25, -0.2) is 9.80 Å². The third kappa shape index (κ3) is 5.93. The molecule has 1 aliphatic heterocycles. The predicted octanol–water partition coefficient (Wildman–Crippen LogP) is 6.53. The zero-order valence-corrected chi connectivity index (χ0v) is 24.7. The monoisotopic (exact) mass is 626 g/mol. The molecule has 42 heavy (non-hydrogen) atoms. The number of hydrogen-bond donors (Lipinski definition) is 0. The highest BCUT2D eigenvalue weighted by atomic mass is 35.5. The Hall–Kier alpha value is -3.72. The average molecular weight is 628 g/mol. The van der Waals surface area contributed by atoms with Crippen LogP contribution in [-0.2, 0) is 9.59 Å². The Morgan fingerprint density at radius 1 is 0.857 bits per heavy atom. The first-order valence-electron chi connectivity index (χ1n) is 13.3. The molecule has 1 saturated heterocycles. The number of fused-ring (bicyclic) bond motifs is 1. The number of ether oxygens (including phenoxy) is 1. The summed E-state index contributed by atoms with van der Waals surface area (Å²) in [5.41, 5.74) is 0.338. The summed E-state index contributed by atoms with van der Waals surface area (Å²) in [6.07, 6.45) is 1.87. The quantitative estimate of drug-likeness (QED) is 0.128. The van der Waals surface area contributed by atoms with E-state index in [0.29, 0.717) is 17.9 Å². The van der Waals surface area contributed by atoms with Gasteiger partial charge < -0.3 is 4.74 Å². The fraction of sp³-hybridized carbons (Fsp3) is 0.258. The molecule has 8 nitrogen and oxygen atoms in total. The topological polar surface area (TPSA) is 101 Å². The number of Topliss-reactive ketones (excluding diaryl/α,β-unsaturated/α-hetero) is 1. The smallest absolute Gasteiger partial charge is 0.345 e. The third-order valence-electron chi connectivity index (χ3n) is 7.58. The zero-order chi connectivity index (χ0) is 30.1. The number of imide groups is 1. The maximum absolute atomic E-state index is 13.7. The Morgan fingerprint density at radius 2 is 1.55 bits per heavy atom. The summed E-state index contributed by atoms with van der Waals surface area (Å²) in [6.45, 7) is 1.44. The lowest BCUT2D eigenvalue weighted by molar-refractivity contribution is -0.154. The van der Waals surface area contributed by atoms with E-state index in [1.54, 1.807) is 12.1 Å². The number of hydrazine groups is 1. The van der Waals surface area contributed by atoms with Gasteiger partial charge >= 0.3 is 5.97 Å². The summed E-state index contributed by atoms with van der Waals surface area (Å²) in [5, 5.41) is 2.35. The fourth-order valence-corrected chi connectivity index (χ4v) is 6.07. The van der Waals surface area contributed by atoms with Gasteiger partial charge in [0, 0.05) is 10.6 Å². The number of esters is 1. The van der Waals surface area contributed by atoms with Gasteiger partial charge in [0.2, 0.25) is 0 Å². The second-order valence-electron chi connectivity index (χ2n) is 10.4. The molecule has 3 amide bonds. The molecule has 3 aromatic rings. The first kappa shape index (κ1) is 29.8. The molecule has 0 unspecified atom stereocenters. The van der Waals surface area contributed by atoms with E-state index in [1.165, 1.54) is 54.6 Å². The molecular weight excluding hydrogens is 603 g/mol. The number of carbonyl (C=O) groups excluding carboxylic acids is 5. The SMILES string of the molecule is C[C@@H]1CC[C@H]2C(=O)N(N(CC(=O)c3ccc(OC(=O)c4ccc(Cl)cc4Cl)cc3)C(=O)c3ccccc3Cl)C(=O)[C@@H]2C1. The van der Waals surface area contributed by atoms with Gasteiger partial charge in [0.25, 0.3) is 17.7 Å². The number of benzene rings is 3. The van der Waals surface area contributed by atoms with E-state index in [1.807, 2.05) is 6.92 Å². The predicted molar refractivity (Wildman–Crippen MR) is 157 cm³/mol. The van der Waals surface area contributed by atoms with Crippen molar-refractivity contribution < 1.29 is 28.7 Å². The molecule has 0 N–H and O–H groups in total. The Bertz CT molecular complexity index is 1590. The summed E-state index contributed by atoms with van der Waals surface area (Å²) in [5.74, 6) is -3.65. The minimum Gasteiger partial charge on any atom is -0.423 e. The molecule has 1 aliphatic carbocycles. The second-order valence-corrected chi connectivity index (χ2v) is 11.7. The first-order valence-corrected chi connectivity index (χ1v) is 14.4. The van der Waals surface area contributed by atoms with Crippen LogP contribution in [0.25, 0.3) is 0 Å². The minimum absolute atomic E-state index is 0.0546. The van der Waals surface area contributed by atoms with E-state index in [2.05, 4.69) is 0 Å². The molecule has 11 heteroatoms. The first-order chi connectivity index (χ1) is 20.0. The van der Waals surface area contributed by atoms with Crippen molar-refractivity contribution in [1.82, 2.24) is 10.0 Å². The van der Waals surface area contributed by atoms with Gasteiger partial charge in [-0.3, -0.25) is 19.2 Å². The van der Waals surface area contributed by atoms with Gasteiger partial charge in [0.15, 0.2) is 5.78 Å². The van der Waals surface area contributed by atoms with Crippen molar-refractivity contribution in [3.8, 4) is 5.75 Å². The van der Waals surface area contributed by atoms with Crippen molar-refractivity contribution in [2.75, 3.05) is 6.54 Å². The molecule has 2 fully saturated rings. The van der Waals surface area contributed by atoms with Crippen molar-refractivity contribution in [3.05, 3.63) is 98.5 Å². The number of hydrogen-bond acceptors (Lipinski definition) is 6. The summed E-state index contributed by atoms with van der Waals surface area (Å²) in [4.78, 5) is 66.6. The Kier molecular flexibility index (Phi) is 8.68. The van der Waals surface area contributed by atoms with Gasteiger partial charge in [-0.05, 0) is 79.8 Å². The molecule has 0 radical (unpaired) electrons. The molecule has 216 valence electrons. The highest BCUT2D eigenvalue weighted by Crippen LogP contribution is 2.41. The van der Waals surface area contributed by atoms with Crippen LogP contribution in [0.4, 0.5) is 0 Å². The van der Waals surface area contributed by atoms with Gasteiger partial charge in [-0.2, -0.15) is 5.01 Å². The van der Waals surface area contributed by atoms with Crippen molar-refractivity contribution in [1.29, 1.82) is 0 Å². The maximum atomic E-state index is 13.7. The average Bonchev–Trinajstić information content (AvgIpc) is 3.20. The van der Waals surface area contributed by atoms with E-state index in [0.717, 1.165) is 16.4 Å². The number of carbonyl (C=O) groups is 5. The molecule has 3 aromatic carbocycles. The van der Waals surface area contributed by atoms with E-state index in [-0.39, 0.29) is 38.4 Å². The molecule has 5 rings (SSSR count). The summed E-state index contributed by atoms with van der Waals surface area (Å²) < 4.78 is 5.36. The molecule has 0 bridgehead atoms. The Morgan fingerprint density at radius 3 is 2.24 bits per heavy atom. The molecular formula is C31H25Cl3N2O6. The molecule has 0 aromatic heterocycles. The van der Waals surface area contributed by atoms with Gasteiger partial charge in [-0.1, -0.05) is 53.9 Å². The van der Waals surface area contributed by atoms with Crippen LogP contribution in [-0.4, -0.2) is 46.0 Å². The Balaban J connectivity index is 1.38. The zero-order valence-electron chi connectivity index (χ0n) is 22.4. The number of nitrogens with zero attached hydrogens (tertiary/aromatic N) is 2. The van der Waals surface area contributed by atoms with Crippen LogP contribution in [0.5, 0.6) is 5.75 Å². The molecule has 3 atom stereocenters. The number of amides is 3. The molecule has 1 heterocycles. The minimum atomic E-state index is -0.743. The Labute approximate surface area is 257 Å².